The van der Waals surface area contributed by atoms with Crippen molar-refractivity contribution in [3.63, 3.8) is 0 Å². The molecular formula is C6H11O3Si. The Morgan fingerprint density at radius 2 is 2.10 bits per heavy atom. The molecule has 0 aromatic rings. The molecule has 0 amide bonds. The smallest absolute Gasteiger partial charge is 0.345 e. The first-order valence-corrected chi connectivity index (χ1v) is 3.69. The third kappa shape index (κ3) is 5.78. The van der Waals surface area contributed by atoms with Crippen LogP contribution in [0.2, 0.25) is 0 Å². The van der Waals surface area contributed by atoms with Crippen LogP contribution in [0.3, 0.4) is 0 Å². The topological polar surface area (TPSA) is 46.5 Å². The van der Waals surface area contributed by atoms with Crippen LogP contribution in [0.25, 0.3) is 0 Å². The lowest BCUT2D eigenvalue weighted by atomic mass is 10.2. The van der Waals surface area contributed by atoms with E-state index in [-0.39, 0.29) is 12.6 Å². The Hall–Kier alpha value is -0.353. The summed E-state index contributed by atoms with van der Waals surface area (Å²) in [4.78, 5) is 10.4. The van der Waals surface area contributed by atoms with Crippen LogP contribution in [0.15, 0.2) is 0 Å². The Balaban J connectivity index is 2.96. The highest BCUT2D eigenvalue weighted by molar-refractivity contribution is 6.05. The van der Waals surface area contributed by atoms with Crippen LogP contribution in [0.5, 0.6) is 0 Å². The first-order chi connectivity index (χ1) is 4.81. The van der Waals surface area contributed by atoms with Crippen molar-refractivity contribution in [1.29, 1.82) is 0 Å². The molecule has 57 valence electrons. The molecule has 0 bridgehead atoms. The quantitative estimate of drug-likeness (QED) is 0.459. The number of aliphatic hydroxyl groups excluding tert-OH is 1. The fourth-order valence-electron chi connectivity index (χ4n) is 0.609. The molecule has 0 aliphatic rings. The molecule has 0 heterocycles. The Morgan fingerprint density at radius 1 is 1.40 bits per heavy atom. The highest BCUT2D eigenvalue weighted by Crippen LogP contribution is 1.99. The number of carbonyl (C=O) groups is 1. The van der Waals surface area contributed by atoms with Gasteiger partial charge in [-0.2, -0.15) is 0 Å². The average molecular weight is 159 g/mol. The number of unbranched alkanes of at least 4 members (excludes halogenated alkanes) is 2. The SMILES string of the molecule is O=C(CCCCCO)O[Si]. The zero-order valence-electron chi connectivity index (χ0n) is 5.80. The van der Waals surface area contributed by atoms with Gasteiger partial charge in [-0.05, 0) is 12.8 Å². The van der Waals surface area contributed by atoms with Crippen LogP contribution in [0.4, 0.5) is 0 Å². The first-order valence-electron chi connectivity index (χ1n) is 3.28. The number of carbonyl (C=O) groups excluding carboxylic acids is 1. The molecule has 0 saturated heterocycles. The van der Waals surface area contributed by atoms with Gasteiger partial charge in [-0.1, -0.05) is 6.42 Å². The minimum absolute atomic E-state index is 0.197. The molecule has 0 aromatic carbocycles. The molecule has 3 radical (unpaired) electrons. The molecule has 0 atom stereocenters. The van der Waals surface area contributed by atoms with Crippen molar-refractivity contribution in [2.45, 2.75) is 25.7 Å². The average Bonchev–Trinajstić information content (AvgIpc) is 1.98. The lowest BCUT2D eigenvalue weighted by Gasteiger charge is -1.97. The van der Waals surface area contributed by atoms with Gasteiger partial charge < -0.3 is 9.53 Å². The first kappa shape index (κ1) is 9.65. The lowest BCUT2D eigenvalue weighted by Crippen LogP contribution is -2.00. The summed E-state index contributed by atoms with van der Waals surface area (Å²) in [5.41, 5.74) is 0. The normalized spacial score (nSPS) is 9.40. The van der Waals surface area contributed by atoms with Gasteiger partial charge in [0.25, 0.3) is 5.97 Å². The highest BCUT2D eigenvalue weighted by Gasteiger charge is 1.97. The number of rotatable bonds is 5. The zero-order chi connectivity index (χ0) is 7.82. The van der Waals surface area contributed by atoms with Crippen LogP contribution in [-0.2, 0) is 9.22 Å². The van der Waals surface area contributed by atoms with Gasteiger partial charge in [0.2, 0.25) is 0 Å². The highest BCUT2D eigenvalue weighted by atomic mass is 28.2. The van der Waals surface area contributed by atoms with Crippen molar-refractivity contribution in [1.82, 2.24) is 0 Å². The van der Waals surface area contributed by atoms with Gasteiger partial charge in [0.05, 0.1) is 0 Å². The Kier molecular flexibility index (Phi) is 6.52. The second-order valence-corrected chi connectivity index (χ2v) is 2.21. The minimum Gasteiger partial charge on any atom is -0.516 e. The molecule has 1 N–H and O–H groups in total. The molecule has 0 aliphatic carbocycles. The van der Waals surface area contributed by atoms with Crippen molar-refractivity contribution in [2.75, 3.05) is 6.61 Å². The van der Waals surface area contributed by atoms with E-state index in [0.29, 0.717) is 6.42 Å². The van der Waals surface area contributed by atoms with Crippen LogP contribution in [-0.4, -0.2) is 28.2 Å². The van der Waals surface area contributed by atoms with Crippen LogP contribution in [0, 0.1) is 0 Å². The standard InChI is InChI=1S/C6H11O3Si/c7-5-3-1-2-4-6(8)9-10/h7H,1-5H2. The molecule has 0 aliphatic heterocycles. The molecule has 3 nitrogen and oxygen atoms in total. The molecule has 0 unspecified atom stereocenters. The summed E-state index contributed by atoms with van der Waals surface area (Å²) < 4.78 is 4.23. The van der Waals surface area contributed by atoms with Gasteiger partial charge in [0.1, 0.15) is 0 Å². The van der Waals surface area contributed by atoms with Crippen molar-refractivity contribution in [3.8, 4) is 0 Å². The maximum Gasteiger partial charge on any atom is 0.345 e. The van der Waals surface area contributed by atoms with Gasteiger partial charge in [0.15, 0.2) is 0 Å². The molecule has 0 fully saturated rings. The summed E-state index contributed by atoms with van der Waals surface area (Å²) in [6, 6.07) is 0. The Morgan fingerprint density at radius 3 is 2.60 bits per heavy atom. The number of hydrogen-bond donors (Lipinski definition) is 1. The van der Waals surface area contributed by atoms with E-state index >= 15 is 0 Å². The molecule has 10 heavy (non-hydrogen) atoms. The summed E-state index contributed by atoms with van der Waals surface area (Å²) >= 11 is 0. The second kappa shape index (κ2) is 6.76. The van der Waals surface area contributed by atoms with E-state index in [2.05, 4.69) is 14.9 Å². The summed E-state index contributed by atoms with van der Waals surface area (Å²) in [7, 11) is 2.63. The molecular weight excluding hydrogens is 148 g/mol. The second-order valence-electron chi connectivity index (χ2n) is 2.01. The summed E-state index contributed by atoms with van der Waals surface area (Å²) in [5.74, 6) is -0.255. The summed E-state index contributed by atoms with van der Waals surface area (Å²) in [6.07, 6.45) is 2.83. The number of hydrogen-bond acceptors (Lipinski definition) is 3. The molecule has 0 aromatic heterocycles. The maximum absolute atomic E-state index is 10.4. The largest absolute Gasteiger partial charge is 0.516 e. The zero-order valence-corrected chi connectivity index (χ0v) is 6.80. The van der Waals surface area contributed by atoms with Gasteiger partial charge in [0, 0.05) is 13.0 Å². The van der Waals surface area contributed by atoms with E-state index in [4.69, 9.17) is 5.11 Å². The van der Waals surface area contributed by atoms with Crippen molar-refractivity contribution < 1.29 is 14.3 Å². The molecule has 0 saturated carbocycles. The lowest BCUT2D eigenvalue weighted by molar-refractivity contribution is -0.134. The van der Waals surface area contributed by atoms with E-state index in [1.54, 1.807) is 0 Å². The third-order valence-electron chi connectivity index (χ3n) is 1.15. The summed E-state index contributed by atoms with van der Waals surface area (Å²) in [5, 5.41) is 8.36. The number of aliphatic hydroxyl groups is 1. The fraction of sp³-hybridized carbons (Fsp3) is 0.833. The van der Waals surface area contributed by atoms with E-state index < -0.39 is 0 Å². The van der Waals surface area contributed by atoms with Crippen LogP contribution < -0.4 is 0 Å². The maximum atomic E-state index is 10.4. The Labute approximate surface area is 63.9 Å². The van der Waals surface area contributed by atoms with Gasteiger partial charge in [-0.25, -0.2) is 0 Å². The van der Waals surface area contributed by atoms with E-state index in [1.165, 1.54) is 0 Å². The summed E-state index contributed by atoms with van der Waals surface area (Å²) in [6.45, 7) is 0.197. The minimum atomic E-state index is -0.255. The van der Waals surface area contributed by atoms with E-state index in [1.807, 2.05) is 0 Å². The fourth-order valence-corrected chi connectivity index (χ4v) is 0.711. The van der Waals surface area contributed by atoms with Crippen molar-refractivity contribution >= 4 is 16.5 Å². The van der Waals surface area contributed by atoms with Crippen molar-refractivity contribution in [2.24, 2.45) is 0 Å². The molecule has 0 rings (SSSR count). The van der Waals surface area contributed by atoms with E-state index in [0.717, 1.165) is 19.3 Å². The van der Waals surface area contributed by atoms with Crippen LogP contribution in [0.1, 0.15) is 25.7 Å². The Bertz CT molecular complexity index is 95.0. The van der Waals surface area contributed by atoms with Gasteiger partial charge in [-0.3, -0.25) is 4.79 Å². The molecule has 4 heteroatoms. The predicted octanol–water partition coefficient (Wildman–Crippen LogP) is 0.166. The predicted molar refractivity (Wildman–Crippen MR) is 37.4 cm³/mol. The monoisotopic (exact) mass is 159 g/mol. The van der Waals surface area contributed by atoms with Gasteiger partial charge >= 0.3 is 10.5 Å². The molecule has 0 spiro atoms. The van der Waals surface area contributed by atoms with Gasteiger partial charge in [-0.15, -0.1) is 0 Å². The third-order valence-corrected chi connectivity index (χ3v) is 1.38. The van der Waals surface area contributed by atoms with Crippen LogP contribution >= 0.6 is 0 Å². The van der Waals surface area contributed by atoms with Crippen molar-refractivity contribution in [3.05, 3.63) is 0 Å². The van der Waals surface area contributed by atoms with E-state index in [9.17, 15) is 4.79 Å².